The summed E-state index contributed by atoms with van der Waals surface area (Å²) in [6.45, 7) is 10.7. The van der Waals surface area contributed by atoms with Crippen LogP contribution in [0.3, 0.4) is 0 Å². The standard InChI is InChI=1S/C22H32N2O5/c1-14(2)24(15(3)4)21(26)17(6)29-22(27)16(5)23-20(25)13-10-18-8-11-19(28-7)12-9-18/h8-17H,1-7H3,(H,23,25)/b13-10+/t16-,17+/m0/s1. The van der Waals surface area contributed by atoms with Crippen LogP contribution in [0, 0.1) is 0 Å². The molecule has 0 bridgehead atoms. The molecule has 0 aliphatic carbocycles. The van der Waals surface area contributed by atoms with Gasteiger partial charge in [0, 0.05) is 18.2 Å². The molecule has 0 spiro atoms. The van der Waals surface area contributed by atoms with E-state index < -0.39 is 24.0 Å². The van der Waals surface area contributed by atoms with Crippen LogP contribution in [0.5, 0.6) is 5.75 Å². The van der Waals surface area contributed by atoms with Crippen LogP contribution in [0.4, 0.5) is 0 Å². The van der Waals surface area contributed by atoms with Crippen LogP contribution >= 0.6 is 0 Å². The van der Waals surface area contributed by atoms with E-state index in [1.807, 2.05) is 39.8 Å². The highest BCUT2D eigenvalue weighted by Crippen LogP contribution is 2.12. The zero-order valence-electron chi connectivity index (χ0n) is 18.3. The second-order valence-electron chi connectivity index (χ2n) is 7.35. The lowest BCUT2D eigenvalue weighted by Crippen LogP contribution is -2.49. The van der Waals surface area contributed by atoms with Gasteiger partial charge in [-0.3, -0.25) is 9.59 Å². The maximum atomic E-state index is 12.6. The van der Waals surface area contributed by atoms with E-state index in [0.29, 0.717) is 0 Å². The molecular formula is C22H32N2O5. The summed E-state index contributed by atoms with van der Waals surface area (Å²) in [4.78, 5) is 38.5. The number of hydrogen-bond donors (Lipinski definition) is 1. The Hall–Kier alpha value is -2.83. The molecule has 0 unspecified atom stereocenters. The van der Waals surface area contributed by atoms with E-state index in [4.69, 9.17) is 9.47 Å². The van der Waals surface area contributed by atoms with Gasteiger partial charge in [-0.2, -0.15) is 0 Å². The van der Waals surface area contributed by atoms with Gasteiger partial charge in [-0.25, -0.2) is 4.79 Å². The highest BCUT2D eigenvalue weighted by atomic mass is 16.5. The third-order valence-corrected chi connectivity index (χ3v) is 4.26. The van der Waals surface area contributed by atoms with E-state index in [-0.39, 0.29) is 18.0 Å². The lowest BCUT2D eigenvalue weighted by atomic mass is 10.2. The first kappa shape index (κ1) is 24.2. The fraction of sp³-hybridized carbons (Fsp3) is 0.500. The molecule has 1 aromatic rings. The van der Waals surface area contributed by atoms with Gasteiger partial charge in [0.1, 0.15) is 11.8 Å². The molecule has 1 rings (SSSR count). The Kier molecular flexibility index (Phi) is 9.38. The molecule has 0 aliphatic heterocycles. The molecule has 0 saturated heterocycles. The summed E-state index contributed by atoms with van der Waals surface area (Å²) < 4.78 is 10.3. The summed E-state index contributed by atoms with van der Waals surface area (Å²) in [5.74, 6) is -0.638. The SMILES string of the molecule is COc1ccc(/C=C/C(=O)N[C@@H](C)C(=O)O[C@H](C)C(=O)N(C(C)C)C(C)C)cc1. The summed E-state index contributed by atoms with van der Waals surface area (Å²) in [6.07, 6.45) is 2.03. The molecule has 0 fully saturated rings. The summed E-state index contributed by atoms with van der Waals surface area (Å²) in [5.41, 5.74) is 0.817. The van der Waals surface area contributed by atoms with Crippen molar-refractivity contribution in [3.8, 4) is 5.75 Å². The third-order valence-electron chi connectivity index (χ3n) is 4.26. The number of benzene rings is 1. The first-order valence-corrected chi connectivity index (χ1v) is 9.72. The molecule has 0 saturated carbocycles. The topological polar surface area (TPSA) is 84.9 Å². The van der Waals surface area contributed by atoms with Gasteiger partial charge in [-0.05, 0) is 65.3 Å². The smallest absolute Gasteiger partial charge is 0.329 e. The van der Waals surface area contributed by atoms with Crippen molar-refractivity contribution in [2.75, 3.05) is 7.11 Å². The Balaban J connectivity index is 2.60. The van der Waals surface area contributed by atoms with Gasteiger partial charge in [0.15, 0.2) is 6.10 Å². The highest BCUT2D eigenvalue weighted by Gasteiger charge is 2.29. The van der Waals surface area contributed by atoms with Gasteiger partial charge in [0.25, 0.3) is 5.91 Å². The van der Waals surface area contributed by atoms with E-state index in [1.54, 1.807) is 30.2 Å². The Morgan fingerprint density at radius 1 is 0.966 bits per heavy atom. The Labute approximate surface area is 173 Å². The molecule has 29 heavy (non-hydrogen) atoms. The lowest BCUT2D eigenvalue weighted by Gasteiger charge is -2.33. The predicted molar refractivity (Wildman–Crippen MR) is 112 cm³/mol. The number of carbonyl (C=O) groups excluding carboxylic acids is 3. The second kappa shape index (κ2) is 11.2. The molecule has 2 atom stereocenters. The molecule has 0 aliphatic rings. The quantitative estimate of drug-likeness (QED) is 0.505. The van der Waals surface area contributed by atoms with Crippen LogP contribution in [0.1, 0.15) is 47.1 Å². The Morgan fingerprint density at radius 3 is 2.00 bits per heavy atom. The number of carbonyl (C=O) groups is 3. The van der Waals surface area contributed by atoms with E-state index in [1.165, 1.54) is 19.9 Å². The van der Waals surface area contributed by atoms with E-state index in [2.05, 4.69) is 5.32 Å². The zero-order valence-corrected chi connectivity index (χ0v) is 18.3. The van der Waals surface area contributed by atoms with Gasteiger partial charge in [0.2, 0.25) is 5.91 Å². The van der Waals surface area contributed by atoms with Crippen molar-refractivity contribution in [3.05, 3.63) is 35.9 Å². The van der Waals surface area contributed by atoms with Crippen molar-refractivity contribution in [3.63, 3.8) is 0 Å². The van der Waals surface area contributed by atoms with Crippen LogP contribution in [0.15, 0.2) is 30.3 Å². The van der Waals surface area contributed by atoms with Crippen molar-refractivity contribution in [1.82, 2.24) is 10.2 Å². The van der Waals surface area contributed by atoms with Gasteiger partial charge in [0.05, 0.1) is 7.11 Å². The molecule has 0 aromatic heterocycles. The average molecular weight is 405 g/mol. The molecule has 0 heterocycles. The van der Waals surface area contributed by atoms with Gasteiger partial charge < -0.3 is 19.7 Å². The molecule has 0 radical (unpaired) electrons. The number of nitrogens with one attached hydrogen (secondary N) is 1. The molecule has 7 nitrogen and oxygen atoms in total. The summed E-state index contributed by atoms with van der Waals surface area (Å²) in [6, 6.07) is 6.28. The van der Waals surface area contributed by atoms with Gasteiger partial charge in [-0.1, -0.05) is 12.1 Å². The van der Waals surface area contributed by atoms with E-state index >= 15 is 0 Å². The van der Waals surface area contributed by atoms with Crippen LogP contribution in [-0.2, 0) is 19.1 Å². The predicted octanol–water partition coefficient (Wildman–Crippen LogP) is 2.79. The minimum absolute atomic E-state index is 0.0103. The third kappa shape index (κ3) is 7.60. The van der Waals surface area contributed by atoms with Crippen LogP contribution in [-0.4, -0.2) is 54.0 Å². The molecule has 1 aromatic carbocycles. The van der Waals surface area contributed by atoms with Crippen molar-refractivity contribution >= 4 is 23.9 Å². The largest absolute Gasteiger partial charge is 0.497 e. The van der Waals surface area contributed by atoms with E-state index in [9.17, 15) is 14.4 Å². The minimum atomic E-state index is -0.929. The van der Waals surface area contributed by atoms with Crippen LogP contribution in [0.2, 0.25) is 0 Å². The number of nitrogens with zero attached hydrogens (tertiary/aromatic N) is 1. The van der Waals surface area contributed by atoms with Gasteiger partial charge >= 0.3 is 5.97 Å². The summed E-state index contributed by atoms with van der Waals surface area (Å²) in [5, 5.41) is 2.54. The zero-order chi connectivity index (χ0) is 22.1. The fourth-order valence-corrected chi connectivity index (χ4v) is 2.85. The van der Waals surface area contributed by atoms with Crippen molar-refractivity contribution in [1.29, 1.82) is 0 Å². The Morgan fingerprint density at radius 2 is 1.52 bits per heavy atom. The minimum Gasteiger partial charge on any atom is -0.497 e. The number of methoxy groups -OCH3 is 1. The molecule has 1 N–H and O–H groups in total. The summed E-state index contributed by atoms with van der Waals surface area (Å²) in [7, 11) is 1.58. The van der Waals surface area contributed by atoms with Gasteiger partial charge in [-0.15, -0.1) is 0 Å². The monoisotopic (exact) mass is 404 g/mol. The number of hydrogen-bond acceptors (Lipinski definition) is 5. The first-order chi connectivity index (χ1) is 13.6. The van der Waals surface area contributed by atoms with Crippen LogP contribution < -0.4 is 10.1 Å². The molecular weight excluding hydrogens is 372 g/mol. The average Bonchev–Trinajstić information content (AvgIpc) is 2.65. The van der Waals surface area contributed by atoms with Crippen molar-refractivity contribution in [2.45, 2.75) is 65.8 Å². The summed E-state index contributed by atoms with van der Waals surface area (Å²) >= 11 is 0. The lowest BCUT2D eigenvalue weighted by molar-refractivity contribution is -0.162. The maximum Gasteiger partial charge on any atom is 0.329 e. The molecule has 7 heteroatoms. The second-order valence-corrected chi connectivity index (χ2v) is 7.35. The first-order valence-electron chi connectivity index (χ1n) is 9.72. The van der Waals surface area contributed by atoms with Crippen LogP contribution in [0.25, 0.3) is 6.08 Å². The normalized spacial score (nSPS) is 13.3. The molecule has 160 valence electrons. The van der Waals surface area contributed by atoms with E-state index in [0.717, 1.165) is 11.3 Å². The van der Waals surface area contributed by atoms with Crippen molar-refractivity contribution in [2.24, 2.45) is 0 Å². The number of amides is 2. The number of esters is 1. The molecule has 2 amide bonds. The number of rotatable bonds is 9. The Bertz CT molecular complexity index is 717. The number of ether oxygens (including phenoxy) is 2. The fourth-order valence-electron chi connectivity index (χ4n) is 2.85. The van der Waals surface area contributed by atoms with Crippen molar-refractivity contribution < 1.29 is 23.9 Å². The highest BCUT2D eigenvalue weighted by molar-refractivity contribution is 5.95. The maximum absolute atomic E-state index is 12.6.